The lowest BCUT2D eigenvalue weighted by Crippen LogP contribution is -2.68. The second-order valence-corrected chi connectivity index (χ2v) is 14.4. The minimum Gasteiger partial charge on any atom is -0.396 e. The summed E-state index contributed by atoms with van der Waals surface area (Å²) in [5.41, 5.74) is 0.442. The van der Waals surface area contributed by atoms with Crippen molar-refractivity contribution in [2.45, 2.75) is 106 Å². The van der Waals surface area contributed by atoms with Crippen LogP contribution in [0.2, 0.25) is 0 Å². The van der Waals surface area contributed by atoms with Crippen LogP contribution in [0.15, 0.2) is 0 Å². The number of rotatable bonds is 1. The van der Waals surface area contributed by atoms with Crippen LogP contribution in [0.4, 0.5) is 0 Å². The van der Waals surface area contributed by atoms with Gasteiger partial charge in [-0.25, -0.2) is 0 Å². The molecule has 5 saturated carbocycles. The smallest absolute Gasteiger partial charge is 0.137 e. The quantitative estimate of drug-likeness (QED) is 0.524. The summed E-state index contributed by atoms with van der Waals surface area (Å²) in [5, 5.41) is 10.6. The van der Waals surface area contributed by atoms with Crippen molar-refractivity contribution in [3.05, 3.63) is 0 Å². The van der Waals surface area contributed by atoms with E-state index in [4.69, 9.17) is 0 Å². The number of aliphatic hydroxyl groups excluding tert-OH is 1. The van der Waals surface area contributed by atoms with E-state index < -0.39 is 0 Å². The zero-order chi connectivity index (χ0) is 23.3. The van der Waals surface area contributed by atoms with Crippen LogP contribution in [0.5, 0.6) is 0 Å². The molecule has 3 heteroatoms. The highest BCUT2D eigenvalue weighted by atomic mass is 16.3. The fraction of sp³-hybridized carbons (Fsp3) is 0.931. The summed E-state index contributed by atoms with van der Waals surface area (Å²) in [7, 11) is 0. The van der Waals surface area contributed by atoms with E-state index in [9.17, 15) is 14.7 Å². The molecule has 5 rings (SSSR count). The Morgan fingerprint density at radius 3 is 2.22 bits per heavy atom. The normalized spacial score (nSPS) is 54.8. The van der Waals surface area contributed by atoms with Crippen molar-refractivity contribution in [3.8, 4) is 0 Å². The second kappa shape index (κ2) is 6.92. The van der Waals surface area contributed by atoms with Gasteiger partial charge in [0.05, 0.1) is 0 Å². The number of fused-ring (bicyclic) bond motifs is 7. The summed E-state index contributed by atoms with van der Waals surface area (Å²) in [6, 6.07) is 0. The van der Waals surface area contributed by atoms with E-state index >= 15 is 0 Å². The van der Waals surface area contributed by atoms with Crippen molar-refractivity contribution in [3.63, 3.8) is 0 Å². The summed E-state index contributed by atoms with van der Waals surface area (Å²) in [6.07, 6.45) is 10.1. The number of Topliss-reactive ketones (excluding diaryl/α,β-unsaturated/α-hetero) is 2. The second-order valence-electron chi connectivity index (χ2n) is 14.4. The lowest BCUT2D eigenvalue weighted by molar-refractivity contribution is -0.232. The third kappa shape index (κ3) is 2.75. The fourth-order valence-electron chi connectivity index (χ4n) is 10.5. The Hall–Kier alpha value is -0.700. The molecule has 0 saturated heterocycles. The number of carbonyl (C=O) groups excluding carboxylic acids is 2. The molecule has 32 heavy (non-hydrogen) atoms. The Kier molecular flexibility index (Phi) is 4.99. The van der Waals surface area contributed by atoms with E-state index in [0.717, 1.165) is 51.4 Å². The molecular formula is C29H46O3. The van der Waals surface area contributed by atoms with Gasteiger partial charge in [-0.1, -0.05) is 41.5 Å². The molecule has 9 atom stereocenters. The molecule has 1 N–H and O–H groups in total. The molecule has 180 valence electrons. The van der Waals surface area contributed by atoms with E-state index in [1.165, 1.54) is 0 Å². The van der Waals surface area contributed by atoms with Crippen molar-refractivity contribution >= 4 is 11.6 Å². The Morgan fingerprint density at radius 1 is 0.844 bits per heavy atom. The first-order valence-corrected chi connectivity index (χ1v) is 13.5. The van der Waals surface area contributed by atoms with Crippen LogP contribution in [0.1, 0.15) is 106 Å². The summed E-state index contributed by atoms with van der Waals surface area (Å²) >= 11 is 0. The molecule has 5 aliphatic carbocycles. The zero-order valence-corrected chi connectivity index (χ0v) is 21.4. The van der Waals surface area contributed by atoms with Crippen LogP contribution in [-0.2, 0) is 9.59 Å². The maximum atomic E-state index is 14.2. The molecule has 0 bridgehead atoms. The summed E-state index contributed by atoms with van der Waals surface area (Å²) < 4.78 is 0. The van der Waals surface area contributed by atoms with Crippen LogP contribution in [0.3, 0.4) is 0 Å². The third-order valence-corrected chi connectivity index (χ3v) is 12.9. The molecule has 8 unspecified atom stereocenters. The van der Waals surface area contributed by atoms with Crippen LogP contribution >= 0.6 is 0 Å². The standard InChI is InChI=1S/C29H46O3/c1-18-19-7-10-27(5)23(26(19,4)9-8-21(18)31)15-22(32)24-20-16-25(2,3)11-13-29(20,17-30)14-12-28(24,27)6/h18-20,23-24,30H,7-17H2,1-6H3/t18?,19?,20?,23?,24?,26?,27?,28-,29?/m1/s1. The molecule has 3 nitrogen and oxygen atoms in total. The van der Waals surface area contributed by atoms with E-state index in [1.807, 2.05) is 0 Å². The van der Waals surface area contributed by atoms with E-state index in [-0.39, 0.29) is 45.5 Å². The van der Waals surface area contributed by atoms with Crippen LogP contribution in [0, 0.1) is 56.7 Å². The Bertz CT molecular complexity index is 830. The van der Waals surface area contributed by atoms with Crippen LogP contribution < -0.4 is 0 Å². The Labute approximate surface area is 195 Å². The number of hydrogen-bond donors (Lipinski definition) is 1. The molecule has 5 fully saturated rings. The van der Waals surface area contributed by atoms with Gasteiger partial charge in [-0.15, -0.1) is 0 Å². The Balaban J connectivity index is 1.57. The minimum absolute atomic E-state index is 0.00241. The number of ketones is 2. The van der Waals surface area contributed by atoms with Crippen molar-refractivity contribution in [1.82, 2.24) is 0 Å². The first-order valence-electron chi connectivity index (χ1n) is 13.5. The van der Waals surface area contributed by atoms with E-state index in [0.29, 0.717) is 42.2 Å². The van der Waals surface area contributed by atoms with Crippen molar-refractivity contribution < 1.29 is 14.7 Å². The number of carbonyl (C=O) groups is 2. The van der Waals surface area contributed by atoms with Crippen molar-refractivity contribution in [2.75, 3.05) is 6.61 Å². The SMILES string of the molecule is CC1C(=O)CCC2(C)C1CCC1(C)C2CC(=O)C2C3CC(C)(C)CCC3(CO)CC[C@]21C. The summed E-state index contributed by atoms with van der Waals surface area (Å²) in [5.74, 6) is 2.30. The molecule has 0 aromatic carbocycles. The topological polar surface area (TPSA) is 54.4 Å². The molecule has 0 spiro atoms. The van der Waals surface area contributed by atoms with Gasteiger partial charge in [0.2, 0.25) is 0 Å². The lowest BCUT2D eigenvalue weighted by Gasteiger charge is -2.72. The largest absolute Gasteiger partial charge is 0.396 e. The Morgan fingerprint density at radius 2 is 1.53 bits per heavy atom. The minimum atomic E-state index is -0.0502. The first-order chi connectivity index (χ1) is 14.8. The van der Waals surface area contributed by atoms with Gasteiger partial charge in [-0.05, 0) is 96.2 Å². The molecule has 0 aromatic rings. The monoisotopic (exact) mass is 442 g/mol. The van der Waals surface area contributed by atoms with E-state index in [1.54, 1.807) is 0 Å². The van der Waals surface area contributed by atoms with Gasteiger partial charge in [0, 0.05) is 31.3 Å². The van der Waals surface area contributed by atoms with Gasteiger partial charge in [-0.2, -0.15) is 0 Å². The maximum absolute atomic E-state index is 14.2. The number of aliphatic hydroxyl groups is 1. The highest BCUT2D eigenvalue weighted by Gasteiger charge is 2.71. The molecular weight excluding hydrogens is 396 g/mol. The highest BCUT2D eigenvalue weighted by Crippen LogP contribution is 2.75. The van der Waals surface area contributed by atoms with Gasteiger partial charge < -0.3 is 5.11 Å². The average Bonchev–Trinajstić information content (AvgIpc) is 2.72. The fourth-order valence-corrected chi connectivity index (χ4v) is 10.5. The van der Waals surface area contributed by atoms with Crippen LogP contribution in [-0.4, -0.2) is 23.3 Å². The van der Waals surface area contributed by atoms with Crippen molar-refractivity contribution in [2.24, 2.45) is 56.7 Å². The van der Waals surface area contributed by atoms with Gasteiger partial charge in [-0.3, -0.25) is 9.59 Å². The first kappa shape index (κ1) is 23.1. The van der Waals surface area contributed by atoms with Gasteiger partial charge in [0.15, 0.2) is 0 Å². The molecule has 0 aromatic heterocycles. The van der Waals surface area contributed by atoms with E-state index in [2.05, 4.69) is 41.5 Å². The summed E-state index contributed by atoms with van der Waals surface area (Å²) in [4.78, 5) is 26.8. The van der Waals surface area contributed by atoms with Crippen molar-refractivity contribution in [1.29, 1.82) is 0 Å². The lowest BCUT2D eigenvalue weighted by atomic mass is 9.32. The predicted molar refractivity (Wildman–Crippen MR) is 127 cm³/mol. The molecule has 0 heterocycles. The number of hydrogen-bond acceptors (Lipinski definition) is 3. The zero-order valence-electron chi connectivity index (χ0n) is 21.4. The predicted octanol–water partition coefficient (Wildman–Crippen LogP) is 6.22. The van der Waals surface area contributed by atoms with Gasteiger partial charge >= 0.3 is 0 Å². The maximum Gasteiger partial charge on any atom is 0.137 e. The third-order valence-electron chi connectivity index (χ3n) is 12.9. The highest BCUT2D eigenvalue weighted by molar-refractivity contribution is 5.85. The molecule has 0 radical (unpaired) electrons. The summed E-state index contributed by atoms with van der Waals surface area (Å²) in [6.45, 7) is 14.6. The molecule has 0 aliphatic heterocycles. The molecule has 5 aliphatic rings. The van der Waals surface area contributed by atoms with Gasteiger partial charge in [0.25, 0.3) is 0 Å². The molecule has 0 amide bonds. The van der Waals surface area contributed by atoms with Crippen LogP contribution in [0.25, 0.3) is 0 Å². The average molecular weight is 443 g/mol. The van der Waals surface area contributed by atoms with Gasteiger partial charge in [0.1, 0.15) is 11.6 Å².